The summed E-state index contributed by atoms with van der Waals surface area (Å²) in [6.45, 7) is 0.796. The number of carbonyl (C=O) groups excluding carboxylic acids is 2. The van der Waals surface area contributed by atoms with Gasteiger partial charge in [-0.1, -0.05) is 29.8 Å². The van der Waals surface area contributed by atoms with Crippen molar-refractivity contribution in [2.75, 3.05) is 6.61 Å². The van der Waals surface area contributed by atoms with Crippen LogP contribution in [0.1, 0.15) is 22.8 Å². The molecule has 28 heavy (non-hydrogen) atoms. The predicted octanol–water partition coefficient (Wildman–Crippen LogP) is 2.05. The Morgan fingerprint density at radius 3 is 2.50 bits per heavy atom. The van der Waals surface area contributed by atoms with Gasteiger partial charge in [-0.3, -0.25) is 15.1 Å². The smallest absolute Gasteiger partial charge is 0.460 e. The highest BCUT2D eigenvalue weighted by Gasteiger charge is 2.67. The molecular weight excluding hydrogens is 399 g/mol. The minimum atomic E-state index is -5.15. The second-order valence-corrected chi connectivity index (χ2v) is 6.14. The van der Waals surface area contributed by atoms with Gasteiger partial charge >= 0.3 is 17.8 Å². The third-order valence-corrected chi connectivity index (χ3v) is 4.17. The van der Waals surface area contributed by atoms with Gasteiger partial charge in [0.1, 0.15) is 6.54 Å². The van der Waals surface area contributed by atoms with Crippen LogP contribution in [0.15, 0.2) is 48.8 Å². The Morgan fingerprint density at radius 2 is 1.93 bits per heavy atom. The lowest BCUT2D eigenvalue weighted by atomic mass is 10.1. The lowest BCUT2D eigenvalue weighted by Crippen LogP contribution is -3.06. The van der Waals surface area contributed by atoms with Gasteiger partial charge in [0.15, 0.2) is 0 Å². The van der Waals surface area contributed by atoms with Crippen molar-refractivity contribution < 1.29 is 32.8 Å². The van der Waals surface area contributed by atoms with E-state index in [2.05, 4.69) is 9.72 Å². The van der Waals surface area contributed by atoms with Gasteiger partial charge in [0.2, 0.25) is 0 Å². The van der Waals surface area contributed by atoms with Gasteiger partial charge in [0.25, 0.3) is 5.91 Å². The van der Waals surface area contributed by atoms with Crippen molar-refractivity contribution in [3.8, 4) is 0 Å². The SMILES string of the molecule is CCOC(=O)[C@@](NC(=O)c1ccccc1Cl)([NH2+]Cc1cccnc1)C(F)(F)F. The summed E-state index contributed by atoms with van der Waals surface area (Å²) in [4.78, 5) is 28.7. The fourth-order valence-corrected chi connectivity index (χ4v) is 2.64. The molecule has 2 aromatic rings. The molecule has 0 fully saturated rings. The van der Waals surface area contributed by atoms with E-state index in [1.165, 1.54) is 43.6 Å². The van der Waals surface area contributed by atoms with E-state index < -0.39 is 23.7 Å². The summed E-state index contributed by atoms with van der Waals surface area (Å²) >= 11 is 5.90. The van der Waals surface area contributed by atoms with Crippen molar-refractivity contribution >= 4 is 23.5 Å². The van der Waals surface area contributed by atoms with E-state index >= 15 is 0 Å². The Morgan fingerprint density at radius 1 is 1.21 bits per heavy atom. The van der Waals surface area contributed by atoms with Crippen molar-refractivity contribution in [3.63, 3.8) is 0 Å². The molecule has 2 rings (SSSR count). The van der Waals surface area contributed by atoms with Gasteiger partial charge in [-0.15, -0.1) is 0 Å². The van der Waals surface area contributed by atoms with E-state index in [0.29, 0.717) is 10.9 Å². The van der Waals surface area contributed by atoms with E-state index in [-0.39, 0.29) is 23.7 Å². The number of pyridine rings is 1. The molecule has 0 saturated heterocycles. The number of nitrogens with two attached hydrogens (primary N) is 1. The van der Waals surface area contributed by atoms with Crippen molar-refractivity contribution in [2.45, 2.75) is 25.3 Å². The summed E-state index contributed by atoms with van der Waals surface area (Å²) in [6.07, 6.45) is -2.33. The van der Waals surface area contributed by atoms with Gasteiger partial charge < -0.3 is 10.1 Å². The molecule has 0 unspecified atom stereocenters. The first-order valence-electron chi connectivity index (χ1n) is 8.25. The molecule has 1 aromatic heterocycles. The highest BCUT2D eigenvalue weighted by atomic mass is 35.5. The van der Waals surface area contributed by atoms with Crippen LogP contribution in [0, 0.1) is 0 Å². The highest BCUT2D eigenvalue weighted by molar-refractivity contribution is 6.33. The first-order chi connectivity index (χ1) is 13.2. The number of esters is 1. The third kappa shape index (κ3) is 4.79. The standard InChI is InChI=1S/C18H17ClF3N3O3/c1-2-28-16(27)17(18(20,21)22,24-11-12-6-5-9-23-10-12)25-15(26)13-7-3-4-8-14(13)19/h3-10,24H,2,11H2,1H3,(H,25,26)/p+1/t17-/m0/s1. The largest absolute Gasteiger partial charge is 0.478 e. The number of ether oxygens (including phenoxy) is 1. The maximum Gasteiger partial charge on any atom is 0.478 e. The predicted molar refractivity (Wildman–Crippen MR) is 94.2 cm³/mol. The van der Waals surface area contributed by atoms with Crippen LogP contribution in [0.2, 0.25) is 5.02 Å². The minimum Gasteiger partial charge on any atom is -0.460 e. The van der Waals surface area contributed by atoms with Crippen LogP contribution in [-0.2, 0) is 16.1 Å². The number of nitrogens with zero attached hydrogens (tertiary/aromatic N) is 1. The number of alkyl halides is 3. The summed E-state index contributed by atoms with van der Waals surface area (Å²) < 4.78 is 46.7. The highest BCUT2D eigenvalue weighted by Crippen LogP contribution is 2.28. The van der Waals surface area contributed by atoms with Gasteiger partial charge in [-0.25, -0.2) is 4.79 Å². The van der Waals surface area contributed by atoms with E-state index in [4.69, 9.17) is 11.6 Å². The lowest BCUT2D eigenvalue weighted by Gasteiger charge is -2.31. The van der Waals surface area contributed by atoms with E-state index in [0.717, 1.165) is 0 Å². The van der Waals surface area contributed by atoms with Crippen molar-refractivity contribution in [3.05, 3.63) is 64.9 Å². The zero-order valence-corrected chi connectivity index (χ0v) is 15.6. The van der Waals surface area contributed by atoms with Crippen LogP contribution in [0.3, 0.4) is 0 Å². The Labute approximate surface area is 164 Å². The van der Waals surface area contributed by atoms with E-state index in [9.17, 15) is 22.8 Å². The Kier molecular flexibility index (Phi) is 6.98. The summed E-state index contributed by atoms with van der Waals surface area (Å²) in [5.41, 5.74) is -3.13. The number of quaternary nitrogens is 1. The summed E-state index contributed by atoms with van der Waals surface area (Å²) in [5.74, 6) is -2.79. The maximum atomic E-state index is 14.0. The van der Waals surface area contributed by atoms with Crippen molar-refractivity contribution in [1.29, 1.82) is 0 Å². The number of carbonyl (C=O) groups is 2. The Bertz CT molecular complexity index is 834. The normalized spacial score (nSPS) is 13.5. The monoisotopic (exact) mass is 416 g/mol. The first-order valence-corrected chi connectivity index (χ1v) is 8.63. The zero-order valence-electron chi connectivity index (χ0n) is 14.8. The number of nitrogens with one attached hydrogen (secondary N) is 1. The number of rotatable bonds is 7. The van der Waals surface area contributed by atoms with Crippen LogP contribution in [0.25, 0.3) is 0 Å². The third-order valence-electron chi connectivity index (χ3n) is 3.84. The van der Waals surface area contributed by atoms with Gasteiger partial charge in [0, 0.05) is 18.0 Å². The molecule has 0 aliphatic carbocycles. The average molecular weight is 417 g/mol. The topological polar surface area (TPSA) is 84.9 Å². The average Bonchev–Trinajstić information content (AvgIpc) is 2.65. The zero-order chi connectivity index (χ0) is 20.8. The number of benzene rings is 1. The number of amides is 1. The number of hydrogen-bond acceptors (Lipinski definition) is 4. The Hall–Kier alpha value is -2.65. The molecule has 6 nitrogen and oxygen atoms in total. The molecule has 0 radical (unpaired) electrons. The number of halogens is 4. The van der Waals surface area contributed by atoms with Crippen molar-refractivity contribution in [2.24, 2.45) is 0 Å². The van der Waals surface area contributed by atoms with Crippen LogP contribution in [0.5, 0.6) is 0 Å². The molecule has 150 valence electrons. The molecule has 0 aliphatic rings. The molecule has 0 spiro atoms. The molecule has 10 heteroatoms. The molecule has 1 aromatic carbocycles. The molecule has 1 heterocycles. The molecule has 3 N–H and O–H groups in total. The summed E-state index contributed by atoms with van der Waals surface area (Å²) in [7, 11) is 0. The van der Waals surface area contributed by atoms with Crippen LogP contribution in [-0.4, -0.2) is 35.3 Å². The summed E-state index contributed by atoms with van der Waals surface area (Å²) in [6, 6.07) is 8.67. The van der Waals surface area contributed by atoms with Crippen LogP contribution in [0.4, 0.5) is 13.2 Å². The summed E-state index contributed by atoms with van der Waals surface area (Å²) in [5, 5.41) is 2.40. The molecule has 1 amide bonds. The second kappa shape index (κ2) is 9.03. The fourth-order valence-electron chi connectivity index (χ4n) is 2.41. The fraction of sp³-hybridized carbons (Fsp3) is 0.278. The van der Waals surface area contributed by atoms with Crippen LogP contribution >= 0.6 is 11.6 Å². The Balaban J connectivity index is 2.42. The quantitative estimate of drug-likeness (QED) is 0.534. The van der Waals surface area contributed by atoms with Gasteiger partial charge in [-0.2, -0.15) is 13.2 Å². The first kappa shape index (κ1) is 21.6. The molecule has 0 aliphatic heterocycles. The molecule has 0 saturated carbocycles. The van der Waals surface area contributed by atoms with Crippen molar-refractivity contribution in [1.82, 2.24) is 10.3 Å². The number of aromatic nitrogens is 1. The lowest BCUT2D eigenvalue weighted by molar-refractivity contribution is -0.757. The van der Waals surface area contributed by atoms with Crippen LogP contribution < -0.4 is 10.6 Å². The second-order valence-electron chi connectivity index (χ2n) is 5.73. The minimum absolute atomic E-state index is 0.0489. The van der Waals surface area contributed by atoms with Gasteiger partial charge in [0.05, 0.1) is 17.2 Å². The van der Waals surface area contributed by atoms with E-state index in [1.807, 2.05) is 0 Å². The molecule has 1 atom stereocenters. The maximum absolute atomic E-state index is 14.0. The number of hydrogen-bond donors (Lipinski definition) is 2. The molecular formula is C18H18ClF3N3O3+. The van der Waals surface area contributed by atoms with E-state index in [1.54, 1.807) is 17.4 Å². The van der Waals surface area contributed by atoms with Gasteiger partial charge in [-0.05, 0) is 25.1 Å². The molecule has 0 bridgehead atoms.